The normalized spacial score (nSPS) is 16.3. The summed E-state index contributed by atoms with van der Waals surface area (Å²) in [5.41, 5.74) is 0. The van der Waals surface area contributed by atoms with E-state index < -0.39 is 37.7 Å². The van der Waals surface area contributed by atoms with Crippen molar-refractivity contribution in [3.05, 3.63) is 24.0 Å². The molecule has 0 aliphatic rings. The molecule has 0 heterocycles. The SMILES string of the molecule is CC=CC(=CC(C)C)OCP(=O)(O)CC(CCC(=O)O)C(=O)O. The van der Waals surface area contributed by atoms with Gasteiger partial charge in [0.05, 0.1) is 5.92 Å². The summed E-state index contributed by atoms with van der Waals surface area (Å²) in [4.78, 5) is 31.5. The van der Waals surface area contributed by atoms with Crippen molar-refractivity contribution in [2.45, 2.75) is 33.6 Å². The molecule has 2 atom stereocenters. The molecule has 0 spiro atoms. The van der Waals surface area contributed by atoms with Gasteiger partial charge in [0.25, 0.3) is 0 Å². The molecule has 0 aliphatic heterocycles. The van der Waals surface area contributed by atoms with E-state index in [1.807, 2.05) is 13.8 Å². The number of ether oxygens (including phenoxy) is 1. The summed E-state index contributed by atoms with van der Waals surface area (Å²) < 4.78 is 17.5. The van der Waals surface area contributed by atoms with E-state index in [0.717, 1.165) is 0 Å². The Hall–Kier alpha value is -1.59. The highest BCUT2D eigenvalue weighted by atomic mass is 31.2. The second kappa shape index (κ2) is 10.2. The Morgan fingerprint density at radius 1 is 1.26 bits per heavy atom. The first-order chi connectivity index (χ1) is 10.6. The predicted molar refractivity (Wildman–Crippen MR) is 86.4 cm³/mol. The van der Waals surface area contributed by atoms with Crippen LogP contribution in [0.2, 0.25) is 0 Å². The number of carboxylic acid groups (broad SMARTS) is 2. The van der Waals surface area contributed by atoms with Gasteiger partial charge >= 0.3 is 11.9 Å². The van der Waals surface area contributed by atoms with Crippen molar-refractivity contribution >= 4 is 19.3 Å². The molecule has 8 heteroatoms. The second-order valence-electron chi connectivity index (χ2n) is 5.58. The summed E-state index contributed by atoms with van der Waals surface area (Å²) in [6.07, 6.45) is 3.57. The molecule has 0 saturated heterocycles. The fourth-order valence-electron chi connectivity index (χ4n) is 1.81. The predicted octanol–water partition coefficient (Wildman–Crippen LogP) is 2.91. The van der Waals surface area contributed by atoms with E-state index >= 15 is 0 Å². The summed E-state index contributed by atoms with van der Waals surface area (Å²) in [6.45, 7) is 5.64. The average molecular weight is 348 g/mol. The van der Waals surface area contributed by atoms with Crippen LogP contribution in [0.15, 0.2) is 24.0 Å². The van der Waals surface area contributed by atoms with E-state index in [4.69, 9.17) is 14.9 Å². The lowest BCUT2D eigenvalue weighted by atomic mass is 10.1. The Kier molecular flexibility index (Phi) is 9.53. The maximum Gasteiger partial charge on any atom is 0.307 e. The largest absolute Gasteiger partial charge is 0.484 e. The third-order valence-electron chi connectivity index (χ3n) is 2.82. The number of hydrogen-bond acceptors (Lipinski definition) is 4. The Bertz CT molecular complexity index is 508. The van der Waals surface area contributed by atoms with Gasteiger partial charge in [0.1, 0.15) is 5.76 Å². The monoisotopic (exact) mass is 348 g/mol. The summed E-state index contributed by atoms with van der Waals surface area (Å²) in [5, 5.41) is 17.6. The maximum atomic E-state index is 12.1. The van der Waals surface area contributed by atoms with Gasteiger partial charge in [-0.25, -0.2) is 0 Å². The Morgan fingerprint density at radius 2 is 1.87 bits per heavy atom. The van der Waals surface area contributed by atoms with Crippen LogP contribution in [0, 0.1) is 11.8 Å². The molecule has 132 valence electrons. The van der Waals surface area contributed by atoms with Gasteiger partial charge in [-0.1, -0.05) is 19.9 Å². The fourth-order valence-corrected chi connectivity index (χ4v) is 3.29. The molecule has 0 aromatic carbocycles. The number of hydrogen-bond donors (Lipinski definition) is 3. The zero-order chi connectivity index (χ0) is 18.0. The van der Waals surface area contributed by atoms with Crippen molar-refractivity contribution < 1.29 is 34.0 Å². The Labute approximate surface area is 136 Å². The summed E-state index contributed by atoms with van der Waals surface area (Å²) in [5.74, 6) is -3.00. The van der Waals surface area contributed by atoms with Crippen LogP contribution in [0.1, 0.15) is 33.6 Å². The molecule has 0 aliphatic carbocycles. The van der Waals surface area contributed by atoms with Crippen LogP contribution in [0.25, 0.3) is 0 Å². The van der Waals surface area contributed by atoms with Crippen LogP contribution < -0.4 is 0 Å². The average Bonchev–Trinajstić information content (AvgIpc) is 2.40. The van der Waals surface area contributed by atoms with Crippen molar-refractivity contribution in [2.75, 3.05) is 12.5 Å². The molecule has 0 saturated carbocycles. The summed E-state index contributed by atoms with van der Waals surface area (Å²) in [7, 11) is -3.85. The van der Waals surface area contributed by atoms with Gasteiger partial charge in [-0.05, 0) is 31.4 Å². The third kappa shape index (κ3) is 10.7. The van der Waals surface area contributed by atoms with Gasteiger partial charge in [0, 0.05) is 12.6 Å². The smallest absolute Gasteiger partial charge is 0.307 e. The highest BCUT2D eigenvalue weighted by molar-refractivity contribution is 7.57. The molecule has 7 nitrogen and oxygen atoms in total. The van der Waals surface area contributed by atoms with Gasteiger partial charge < -0.3 is 19.8 Å². The molecular formula is C15H25O7P. The standard InChI is InChI=1S/C15H25O7P/c1-4-5-13(8-11(2)3)22-10-23(20,21)9-12(15(18)19)6-7-14(16)17/h4-5,8,11-12H,6-7,9-10H2,1-3H3,(H,16,17)(H,18,19)(H,20,21). The van der Waals surface area contributed by atoms with E-state index in [9.17, 15) is 19.0 Å². The first kappa shape index (κ1) is 21.4. The molecule has 0 rings (SSSR count). The molecule has 0 radical (unpaired) electrons. The molecule has 0 aromatic rings. The van der Waals surface area contributed by atoms with E-state index in [-0.39, 0.29) is 18.8 Å². The van der Waals surface area contributed by atoms with Gasteiger partial charge in [0.15, 0.2) is 6.35 Å². The highest BCUT2D eigenvalue weighted by Gasteiger charge is 2.30. The van der Waals surface area contributed by atoms with Crippen LogP contribution >= 0.6 is 7.37 Å². The van der Waals surface area contributed by atoms with Gasteiger partial charge in [-0.3, -0.25) is 14.2 Å². The van der Waals surface area contributed by atoms with Gasteiger partial charge in [-0.2, -0.15) is 0 Å². The maximum absolute atomic E-state index is 12.1. The lowest BCUT2D eigenvalue weighted by Gasteiger charge is -2.18. The van der Waals surface area contributed by atoms with Crippen molar-refractivity contribution in [3.8, 4) is 0 Å². The van der Waals surface area contributed by atoms with E-state index in [1.54, 1.807) is 25.2 Å². The van der Waals surface area contributed by atoms with Crippen molar-refractivity contribution in [1.29, 1.82) is 0 Å². The van der Waals surface area contributed by atoms with Crippen LogP contribution in [0.5, 0.6) is 0 Å². The minimum atomic E-state index is -3.85. The molecule has 0 bridgehead atoms. The summed E-state index contributed by atoms with van der Waals surface area (Å²) in [6, 6.07) is 0. The van der Waals surface area contributed by atoms with Crippen molar-refractivity contribution in [2.24, 2.45) is 11.8 Å². The molecule has 0 amide bonds. The van der Waals surface area contributed by atoms with E-state index in [2.05, 4.69) is 0 Å². The number of allylic oxidation sites excluding steroid dienone is 3. The zero-order valence-corrected chi connectivity index (χ0v) is 14.5. The topological polar surface area (TPSA) is 121 Å². The number of carboxylic acids is 2. The first-order valence-corrected chi connectivity index (χ1v) is 9.33. The number of carbonyl (C=O) groups is 2. The third-order valence-corrected chi connectivity index (χ3v) is 4.37. The minimum absolute atomic E-state index is 0.182. The van der Waals surface area contributed by atoms with Crippen LogP contribution in [0.4, 0.5) is 0 Å². The van der Waals surface area contributed by atoms with Crippen LogP contribution in [-0.4, -0.2) is 39.6 Å². The number of aliphatic carboxylic acids is 2. The molecule has 2 unspecified atom stereocenters. The highest BCUT2D eigenvalue weighted by Crippen LogP contribution is 2.44. The summed E-state index contributed by atoms with van der Waals surface area (Å²) >= 11 is 0. The lowest BCUT2D eigenvalue weighted by Crippen LogP contribution is -2.20. The minimum Gasteiger partial charge on any atom is -0.484 e. The molecular weight excluding hydrogens is 323 g/mol. The van der Waals surface area contributed by atoms with Crippen molar-refractivity contribution in [1.82, 2.24) is 0 Å². The first-order valence-electron chi connectivity index (χ1n) is 7.30. The quantitative estimate of drug-likeness (QED) is 0.298. The van der Waals surface area contributed by atoms with Crippen LogP contribution in [-0.2, 0) is 18.9 Å². The van der Waals surface area contributed by atoms with E-state index in [0.29, 0.717) is 5.76 Å². The molecule has 3 N–H and O–H groups in total. The van der Waals surface area contributed by atoms with Gasteiger partial charge in [-0.15, -0.1) is 0 Å². The van der Waals surface area contributed by atoms with E-state index in [1.165, 1.54) is 0 Å². The molecule has 0 fully saturated rings. The molecule has 0 aromatic heterocycles. The molecule has 23 heavy (non-hydrogen) atoms. The van der Waals surface area contributed by atoms with Crippen LogP contribution in [0.3, 0.4) is 0 Å². The number of rotatable bonds is 11. The fraction of sp³-hybridized carbons (Fsp3) is 0.600. The van der Waals surface area contributed by atoms with Crippen molar-refractivity contribution in [3.63, 3.8) is 0 Å². The Balaban J connectivity index is 4.80. The van der Waals surface area contributed by atoms with Gasteiger partial charge in [0.2, 0.25) is 7.37 Å². The Morgan fingerprint density at radius 3 is 2.30 bits per heavy atom. The zero-order valence-electron chi connectivity index (χ0n) is 13.6. The second-order valence-corrected chi connectivity index (χ2v) is 7.90. The lowest BCUT2D eigenvalue weighted by molar-refractivity contribution is -0.142.